The van der Waals surface area contributed by atoms with E-state index in [1.165, 1.54) is 25.7 Å². The Morgan fingerprint density at radius 3 is 2.31 bits per heavy atom. The van der Waals surface area contributed by atoms with E-state index >= 15 is 0 Å². The van der Waals surface area contributed by atoms with Gasteiger partial charge in [-0.05, 0) is 46.4 Å². The van der Waals surface area contributed by atoms with Crippen LogP contribution in [-0.4, -0.2) is 49.3 Å². The Kier molecular flexibility index (Phi) is 6.32. The van der Waals surface area contributed by atoms with E-state index in [1.807, 2.05) is 0 Å². The molecule has 0 aromatic carbocycles. The lowest BCUT2D eigenvalue weighted by atomic mass is 9.94. The average Bonchev–Trinajstić information content (AvgIpc) is 2.43. The van der Waals surface area contributed by atoms with Gasteiger partial charge in [0.25, 0.3) is 0 Å². The Morgan fingerprint density at radius 2 is 1.75 bits per heavy atom. The van der Waals surface area contributed by atoms with E-state index in [9.17, 15) is 5.11 Å². The molecule has 0 amide bonds. The molecule has 0 aliphatic heterocycles. The lowest BCUT2D eigenvalue weighted by Gasteiger charge is -2.27. The molecule has 1 fully saturated rings. The third kappa shape index (κ3) is 5.83. The summed E-state index contributed by atoms with van der Waals surface area (Å²) in [6.45, 7) is 2.91. The summed E-state index contributed by atoms with van der Waals surface area (Å²) in [5, 5.41) is 13.8. The topological polar surface area (TPSA) is 35.5 Å². The van der Waals surface area contributed by atoms with E-state index in [0.717, 1.165) is 38.9 Å². The normalized spacial score (nSPS) is 21.0. The molecular formula is C13H28N2O. The fraction of sp³-hybridized carbons (Fsp3) is 1.00. The molecule has 0 aromatic heterocycles. The first-order chi connectivity index (χ1) is 7.62. The first kappa shape index (κ1) is 13.9. The molecule has 0 spiro atoms. The van der Waals surface area contributed by atoms with Gasteiger partial charge < -0.3 is 15.3 Å². The second-order valence-electron chi connectivity index (χ2n) is 5.47. The molecule has 0 heterocycles. The van der Waals surface area contributed by atoms with Gasteiger partial charge in [-0.2, -0.15) is 0 Å². The van der Waals surface area contributed by atoms with E-state index in [2.05, 4.69) is 24.3 Å². The van der Waals surface area contributed by atoms with E-state index in [0.29, 0.717) is 0 Å². The number of nitrogens with zero attached hydrogens (tertiary/aromatic N) is 1. The van der Waals surface area contributed by atoms with Crippen molar-refractivity contribution in [1.29, 1.82) is 0 Å². The summed E-state index contributed by atoms with van der Waals surface area (Å²) in [5.74, 6) is 0. The van der Waals surface area contributed by atoms with Crippen LogP contribution in [-0.2, 0) is 0 Å². The summed E-state index contributed by atoms with van der Waals surface area (Å²) in [5.41, 5.74) is -0.422. The van der Waals surface area contributed by atoms with Crippen LogP contribution in [0.15, 0.2) is 0 Å². The minimum Gasteiger partial charge on any atom is -0.389 e. The fourth-order valence-corrected chi connectivity index (χ4v) is 2.40. The fourth-order valence-electron chi connectivity index (χ4n) is 2.40. The minimum absolute atomic E-state index is 0.422. The van der Waals surface area contributed by atoms with Crippen molar-refractivity contribution in [1.82, 2.24) is 10.2 Å². The van der Waals surface area contributed by atoms with Crippen LogP contribution in [0.25, 0.3) is 0 Å². The zero-order valence-electron chi connectivity index (χ0n) is 11.0. The highest BCUT2D eigenvalue weighted by Gasteiger charge is 2.26. The van der Waals surface area contributed by atoms with Crippen LogP contribution in [0.1, 0.15) is 44.9 Å². The quantitative estimate of drug-likeness (QED) is 0.535. The summed E-state index contributed by atoms with van der Waals surface area (Å²) in [7, 11) is 4.19. The smallest absolute Gasteiger partial charge is 0.0771 e. The minimum atomic E-state index is -0.422. The second-order valence-corrected chi connectivity index (χ2v) is 5.47. The van der Waals surface area contributed by atoms with E-state index in [1.54, 1.807) is 0 Å². The third-order valence-corrected chi connectivity index (χ3v) is 3.45. The summed E-state index contributed by atoms with van der Waals surface area (Å²) >= 11 is 0. The largest absolute Gasteiger partial charge is 0.389 e. The van der Waals surface area contributed by atoms with Crippen LogP contribution < -0.4 is 5.32 Å². The van der Waals surface area contributed by atoms with Gasteiger partial charge in [-0.1, -0.05) is 25.7 Å². The summed E-state index contributed by atoms with van der Waals surface area (Å²) in [6.07, 6.45) is 8.09. The van der Waals surface area contributed by atoms with Gasteiger partial charge in [-0.15, -0.1) is 0 Å². The average molecular weight is 228 g/mol. The molecule has 3 nitrogen and oxygen atoms in total. The lowest BCUT2D eigenvalue weighted by Crippen LogP contribution is -2.40. The zero-order valence-corrected chi connectivity index (χ0v) is 11.0. The highest BCUT2D eigenvalue weighted by molar-refractivity contribution is 4.83. The molecular weight excluding hydrogens is 200 g/mol. The van der Waals surface area contributed by atoms with Crippen molar-refractivity contribution in [3.8, 4) is 0 Å². The number of aliphatic hydroxyl groups is 1. The maximum Gasteiger partial charge on any atom is 0.0771 e. The van der Waals surface area contributed by atoms with Crippen LogP contribution in [0.5, 0.6) is 0 Å². The highest BCUT2D eigenvalue weighted by Crippen LogP contribution is 2.26. The number of rotatable bonds is 6. The standard InChI is InChI=1S/C13H28N2O/c1-15(2)11-7-10-14-12-13(16)8-5-3-4-6-9-13/h14,16H,3-12H2,1-2H3. The molecule has 1 aliphatic rings. The maximum atomic E-state index is 10.4. The monoisotopic (exact) mass is 228 g/mol. The highest BCUT2D eigenvalue weighted by atomic mass is 16.3. The Hall–Kier alpha value is -0.120. The lowest BCUT2D eigenvalue weighted by molar-refractivity contribution is 0.0254. The summed E-state index contributed by atoms with van der Waals surface area (Å²) in [4.78, 5) is 2.20. The maximum absolute atomic E-state index is 10.4. The van der Waals surface area contributed by atoms with Crippen molar-refractivity contribution in [2.75, 3.05) is 33.7 Å². The zero-order chi connectivity index (χ0) is 11.9. The molecule has 0 aromatic rings. The predicted molar refractivity (Wildman–Crippen MR) is 68.7 cm³/mol. The third-order valence-electron chi connectivity index (χ3n) is 3.45. The Morgan fingerprint density at radius 1 is 1.12 bits per heavy atom. The predicted octanol–water partition coefficient (Wildman–Crippen LogP) is 1.61. The van der Waals surface area contributed by atoms with Crippen molar-refractivity contribution in [2.45, 2.75) is 50.5 Å². The summed E-state index contributed by atoms with van der Waals surface area (Å²) in [6, 6.07) is 0. The van der Waals surface area contributed by atoms with Gasteiger partial charge >= 0.3 is 0 Å². The van der Waals surface area contributed by atoms with Crippen molar-refractivity contribution >= 4 is 0 Å². The van der Waals surface area contributed by atoms with E-state index < -0.39 is 5.60 Å². The van der Waals surface area contributed by atoms with Crippen LogP contribution in [0, 0.1) is 0 Å². The molecule has 0 bridgehead atoms. The molecule has 3 heteroatoms. The van der Waals surface area contributed by atoms with Crippen molar-refractivity contribution < 1.29 is 5.11 Å². The molecule has 1 rings (SSSR count). The molecule has 0 radical (unpaired) electrons. The van der Waals surface area contributed by atoms with Gasteiger partial charge in [0.2, 0.25) is 0 Å². The SMILES string of the molecule is CN(C)CCCNCC1(O)CCCCCC1. The van der Waals surface area contributed by atoms with Crippen LogP contribution >= 0.6 is 0 Å². The second kappa shape index (κ2) is 7.25. The van der Waals surface area contributed by atoms with Crippen LogP contribution in [0.2, 0.25) is 0 Å². The molecule has 16 heavy (non-hydrogen) atoms. The molecule has 1 saturated carbocycles. The summed E-state index contributed by atoms with van der Waals surface area (Å²) < 4.78 is 0. The van der Waals surface area contributed by atoms with E-state index in [4.69, 9.17) is 0 Å². The van der Waals surface area contributed by atoms with Gasteiger partial charge in [-0.3, -0.25) is 0 Å². The number of hydrogen-bond donors (Lipinski definition) is 2. The van der Waals surface area contributed by atoms with Gasteiger partial charge in [0.15, 0.2) is 0 Å². The molecule has 0 atom stereocenters. The van der Waals surface area contributed by atoms with Gasteiger partial charge in [0.1, 0.15) is 0 Å². The van der Waals surface area contributed by atoms with Gasteiger partial charge in [0, 0.05) is 6.54 Å². The van der Waals surface area contributed by atoms with Crippen molar-refractivity contribution in [3.63, 3.8) is 0 Å². The van der Waals surface area contributed by atoms with Gasteiger partial charge in [-0.25, -0.2) is 0 Å². The number of nitrogens with one attached hydrogen (secondary N) is 1. The Bertz CT molecular complexity index is 175. The first-order valence-electron chi connectivity index (χ1n) is 6.70. The Balaban J connectivity index is 2.10. The molecule has 0 saturated heterocycles. The Labute approximate surface area is 100 Å². The van der Waals surface area contributed by atoms with Crippen molar-refractivity contribution in [3.05, 3.63) is 0 Å². The molecule has 1 aliphatic carbocycles. The molecule has 0 unspecified atom stereocenters. The van der Waals surface area contributed by atoms with Crippen molar-refractivity contribution in [2.24, 2.45) is 0 Å². The first-order valence-corrected chi connectivity index (χ1v) is 6.70. The van der Waals surface area contributed by atoms with Gasteiger partial charge in [0.05, 0.1) is 5.60 Å². The molecule has 96 valence electrons. The van der Waals surface area contributed by atoms with Crippen LogP contribution in [0.3, 0.4) is 0 Å². The molecule has 2 N–H and O–H groups in total. The number of hydrogen-bond acceptors (Lipinski definition) is 3. The van der Waals surface area contributed by atoms with E-state index in [-0.39, 0.29) is 0 Å². The van der Waals surface area contributed by atoms with Crippen LogP contribution in [0.4, 0.5) is 0 Å².